The third kappa shape index (κ3) is 5.65. The van der Waals surface area contributed by atoms with Crippen molar-refractivity contribution in [2.75, 3.05) is 38.8 Å². The van der Waals surface area contributed by atoms with E-state index in [1.165, 1.54) is 0 Å². The predicted molar refractivity (Wildman–Crippen MR) is 78.9 cm³/mol. The number of carbonyl (C=O) groups is 1. The summed E-state index contributed by atoms with van der Waals surface area (Å²) in [5, 5.41) is 20.2. The quantitative estimate of drug-likeness (QED) is 0.634. The molecular weight excluding hydrogens is 274 g/mol. The van der Waals surface area contributed by atoms with Crippen molar-refractivity contribution >= 4 is 11.8 Å². The Hall–Kier alpha value is -1.73. The summed E-state index contributed by atoms with van der Waals surface area (Å²) >= 11 is 0. The molecule has 0 aromatic carbocycles. The van der Waals surface area contributed by atoms with Gasteiger partial charge in [0.25, 0.3) is 0 Å². The van der Waals surface area contributed by atoms with Crippen molar-refractivity contribution in [2.45, 2.75) is 26.7 Å². The molecule has 0 saturated heterocycles. The highest BCUT2D eigenvalue weighted by Crippen LogP contribution is 2.18. The molecule has 7 heteroatoms. The van der Waals surface area contributed by atoms with E-state index in [4.69, 9.17) is 9.47 Å². The van der Waals surface area contributed by atoms with Crippen LogP contribution in [0.15, 0.2) is 0 Å². The molecule has 0 radical (unpaired) electrons. The SMILES string of the molecule is COCCOCCCCNc1nnc(C)c(C)c1C(=O)O. The molecule has 118 valence electrons. The number of nitrogens with zero attached hydrogens (tertiary/aromatic N) is 2. The highest BCUT2D eigenvalue weighted by atomic mass is 16.5. The van der Waals surface area contributed by atoms with E-state index in [0.29, 0.717) is 43.4 Å². The molecular formula is C14H23N3O4. The number of hydrogen-bond acceptors (Lipinski definition) is 6. The lowest BCUT2D eigenvalue weighted by molar-refractivity contribution is 0.0690. The zero-order valence-corrected chi connectivity index (χ0v) is 12.8. The topological polar surface area (TPSA) is 93.6 Å². The minimum Gasteiger partial charge on any atom is -0.478 e. The summed E-state index contributed by atoms with van der Waals surface area (Å²) in [5.41, 5.74) is 1.46. The number of aryl methyl sites for hydroxylation is 1. The second-order valence-corrected chi connectivity index (χ2v) is 4.68. The average Bonchev–Trinajstić information content (AvgIpc) is 2.45. The second-order valence-electron chi connectivity index (χ2n) is 4.68. The van der Waals surface area contributed by atoms with E-state index in [-0.39, 0.29) is 5.56 Å². The Morgan fingerprint density at radius 3 is 2.62 bits per heavy atom. The van der Waals surface area contributed by atoms with Crippen LogP contribution in [-0.2, 0) is 9.47 Å². The molecule has 1 heterocycles. The van der Waals surface area contributed by atoms with Crippen molar-refractivity contribution in [1.29, 1.82) is 0 Å². The first-order valence-corrected chi connectivity index (χ1v) is 6.95. The number of ether oxygens (including phenoxy) is 2. The lowest BCUT2D eigenvalue weighted by atomic mass is 10.1. The fourth-order valence-corrected chi connectivity index (χ4v) is 1.77. The van der Waals surface area contributed by atoms with Gasteiger partial charge in [-0.1, -0.05) is 0 Å². The lowest BCUT2D eigenvalue weighted by Gasteiger charge is -2.11. The van der Waals surface area contributed by atoms with Gasteiger partial charge in [0.15, 0.2) is 5.82 Å². The van der Waals surface area contributed by atoms with Crippen LogP contribution in [0.25, 0.3) is 0 Å². The molecule has 21 heavy (non-hydrogen) atoms. The first-order valence-electron chi connectivity index (χ1n) is 6.95. The van der Waals surface area contributed by atoms with Crippen LogP contribution in [0.3, 0.4) is 0 Å². The number of carboxylic acid groups (broad SMARTS) is 1. The van der Waals surface area contributed by atoms with Gasteiger partial charge in [-0.25, -0.2) is 4.79 Å². The third-order valence-electron chi connectivity index (χ3n) is 3.11. The van der Waals surface area contributed by atoms with Gasteiger partial charge in [0.1, 0.15) is 5.56 Å². The number of unbranched alkanes of at least 4 members (excludes halogenated alkanes) is 1. The van der Waals surface area contributed by atoms with Crippen LogP contribution in [0.2, 0.25) is 0 Å². The van der Waals surface area contributed by atoms with Crippen molar-refractivity contribution in [3.63, 3.8) is 0 Å². The molecule has 1 rings (SSSR count). The smallest absolute Gasteiger partial charge is 0.339 e. The fraction of sp³-hybridized carbons (Fsp3) is 0.643. The van der Waals surface area contributed by atoms with Crippen LogP contribution in [0.1, 0.15) is 34.5 Å². The summed E-state index contributed by atoms with van der Waals surface area (Å²) < 4.78 is 10.2. The molecule has 0 aliphatic carbocycles. The maximum Gasteiger partial charge on any atom is 0.339 e. The van der Waals surface area contributed by atoms with Crippen LogP contribution in [0.4, 0.5) is 5.82 Å². The molecule has 0 aliphatic heterocycles. The number of nitrogens with one attached hydrogen (secondary N) is 1. The largest absolute Gasteiger partial charge is 0.478 e. The molecule has 0 atom stereocenters. The maximum absolute atomic E-state index is 11.3. The van der Waals surface area contributed by atoms with Gasteiger partial charge in [-0.3, -0.25) is 0 Å². The summed E-state index contributed by atoms with van der Waals surface area (Å²) in [6, 6.07) is 0. The zero-order valence-electron chi connectivity index (χ0n) is 12.8. The van der Waals surface area contributed by atoms with Crippen LogP contribution in [0.5, 0.6) is 0 Å². The van der Waals surface area contributed by atoms with Gasteiger partial charge in [-0.2, -0.15) is 5.10 Å². The number of aromatic carboxylic acids is 1. The summed E-state index contributed by atoms with van der Waals surface area (Å²) in [7, 11) is 1.64. The Morgan fingerprint density at radius 1 is 1.19 bits per heavy atom. The van der Waals surface area contributed by atoms with Crippen molar-refractivity contribution in [3.05, 3.63) is 16.8 Å². The Morgan fingerprint density at radius 2 is 1.95 bits per heavy atom. The van der Waals surface area contributed by atoms with Crippen molar-refractivity contribution in [2.24, 2.45) is 0 Å². The van der Waals surface area contributed by atoms with E-state index < -0.39 is 5.97 Å². The van der Waals surface area contributed by atoms with Gasteiger partial charge < -0.3 is 19.9 Å². The van der Waals surface area contributed by atoms with Crippen molar-refractivity contribution in [3.8, 4) is 0 Å². The first-order chi connectivity index (χ1) is 10.1. The predicted octanol–water partition coefficient (Wildman–Crippen LogP) is 1.65. The monoisotopic (exact) mass is 297 g/mol. The summed E-state index contributed by atoms with van der Waals surface area (Å²) in [6.45, 7) is 5.97. The summed E-state index contributed by atoms with van der Waals surface area (Å²) in [6.07, 6.45) is 1.75. The van der Waals surface area contributed by atoms with Crippen LogP contribution in [-0.4, -0.2) is 54.7 Å². The van der Waals surface area contributed by atoms with Gasteiger partial charge >= 0.3 is 5.97 Å². The average molecular weight is 297 g/mol. The number of aromatic nitrogens is 2. The lowest BCUT2D eigenvalue weighted by Crippen LogP contribution is -2.14. The molecule has 0 amide bonds. The number of rotatable bonds is 10. The van der Waals surface area contributed by atoms with E-state index in [9.17, 15) is 9.90 Å². The molecule has 2 N–H and O–H groups in total. The molecule has 0 aliphatic rings. The van der Waals surface area contributed by atoms with Gasteiger partial charge in [-0.05, 0) is 32.3 Å². The van der Waals surface area contributed by atoms with Crippen LogP contribution in [0, 0.1) is 13.8 Å². The molecule has 0 unspecified atom stereocenters. The molecule has 0 spiro atoms. The Kier molecular flexibility index (Phi) is 7.63. The van der Waals surface area contributed by atoms with E-state index in [1.807, 2.05) is 0 Å². The normalized spacial score (nSPS) is 10.6. The van der Waals surface area contributed by atoms with E-state index in [0.717, 1.165) is 12.8 Å². The Labute approximate surface area is 124 Å². The van der Waals surface area contributed by atoms with E-state index >= 15 is 0 Å². The van der Waals surface area contributed by atoms with Gasteiger partial charge in [0.05, 0.1) is 18.9 Å². The molecule has 1 aromatic rings. The molecule has 1 aromatic heterocycles. The van der Waals surface area contributed by atoms with Gasteiger partial charge in [0, 0.05) is 20.3 Å². The number of anilines is 1. The standard InChI is InChI=1S/C14H23N3O4/c1-10-11(2)16-17-13(12(10)14(18)19)15-6-4-5-7-21-9-8-20-3/h4-9H2,1-3H3,(H,15,17)(H,18,19). The first kappa shape index (κ1) is 17.3. The third-order valence-corrected chi connectivity index (χ3v) is 3.11. The second kappa shape index (κ2) is 9.25. The number of carboxylic acids is 1. The van der Waals surface area contributed by atoms with Gasteiger partial charge in [-0.15, -0.1) is 5.10 Å². The number of hydrogen-bond donors (Lipinski definition) is 2. The minimum atomic E-state index is -0.990. The van der Waals surface area contributed by atoms with Crippen molar-refractivity contribution < 1.29 is 19.4 Å². The molecule has 0 fully saturated rings. The number of methoxy groups -OCH3 is 1. The highest BCUT2D eigenvalue weighted by Gasteiger charge is 2.17. The minimum absolute atomic E-state index is 0.193. The van der Waals surface area contributed by atoms with E-state index in [1.54, 1.807) is 21.0 Å². The Bertz CT molecular complexity index is 466. The molecule has 0 bridgehead atoms. The molecule has 0 saturated carbocycles. The Balaban J connectivity index is 2.39. The van der Waals surface area contributed by atoms with E-state index in [2.05, 4.69) is 15.5 Å². The van der Waals surface area contributed by atoms with Crippen molar-refractivity contribution in [1.82, 2.24) is 10.2 Å². The zero-order chi connectivity index (χ0) is 15.7. The van der Waals surface area contributed by atoms with Crippen LogP contribution >= 0.6 is 0 Å². The fourth-order valence-electron chi connectivity index (χ4n) is 1.77. The summed E-state index contributed by atoms with van der Waals surface area (Å²) in [4.78, 5) is 11.3. The summed E-state index contributed by atoms with van der Waals surface area (Å²) in [5.74, 6) is -0.665. The van der Waals surface area contributed by atoms with Crippen LogP contribution < -0.4 is 5.32 Å². The van der Waals surface area contributed by atoms with Gasteiger partial charge in [0.2, 0.25) is 0 Å². The maximum atomic E-state index is 11.3. The molecule has 7 nitrogen and oxygen atoms in total. The highest BCUT2D eigenvalue weighted by molar-refractivity contribution is 5.94.